The second-order valence-electron chi connectivity index (χ2n) is 1.15. The minimum atomic E-state index is 0.551. The van der Waals surface area contributed by atoms with E-state index >= 15 is 0 Å². The van der Waals surface area contributed by atoms with E-state index < -0.39 is 0 Å². The van der Waals surface area contributed by atoms with Gasteiger partial charge in [0, 0.05) is 0 Å². The Kier molecular flexibility index (Phi) is 4.29. The Balaban J connectivity index is 3.81. The third-order valence-corrected chi connectivity index (χ3v) is 0.983. The molecule has 42 valence electrons. The SMILES string of the molecule is C/C=C/C=C(/Br)C#N. The Morgan fingerprint density at radius 2 is 2.38 bits per heavy atom. The van der Waals surface area contributed by atoms with Crippen LogP contribution in [0.5, 0.6) is 0 Å². The summed E-state index contributed by atoms with van der Waals surface area (Å²) < 4.78 is 0.551. The summed E-state index contributed by atoms with van der Waals surface area (Å²) in [6.07, 6.45) is 5.35. The van der Waals surface area contributed by atoms with Gasteiger partial charge < -0.3 is 0 Å². The van der Waals surface area contributed by atoms with E-state index in [1.165, 1.54) is 0 Å². The molecular weight excluding hydrogens is 166 g/mol. The number of nitriles is 1. The number of halogens is 1. The van der Waals surface area contributed by atoms with E-state index in [9.17, 15) is 0 Å². The number of hydrogen-bond donors (Lipinski definition) is 0. The molecule has 0 rings (SSSR count). The molecule has 0 aromatic carbocycles. The molecule has 0 N–H and O–H groups in total. The van der Waals surface area contributed by atoms with Crippen LogP contribution in [0.1, 0.15) is 6.92 Å². The first-order valence-corrected chi connectivity index (χ1v) is 2.99. The van der Waals surface area contributed by atoms with Gasteiger partial charge in [-0.3, -0.25) is 0 Å². The summed E-state index contributed by atoms with van der Waals surface area (Å²) in [5.74, 6) is 0. The van der Waals surface area contributed by atoms with Crippen LogP contribution in [0, 0.1) is 11.3 Å². The molecule has 1 nitrogen and oxygen atoms in total. The van der Waals surface area contributed by atoms with Crippen molar-refractivity contribution in [1.82, 2.24) is 0 Å². The Bertz CT molecular complexity index is 150. The minimum Gasteiger partial charge on any atom is -0.192 e. The fourth-order valence-electron chi connectivity index (χ4n) is 0.218. The Morgan fingerprint density at radius 3 is 2.75 bits per heavy atom. The summed E-state index contributed by atoms with van der Waals surface area (Å²) in [6, 6.07) is 1.93. The summed E-state index contributed by atoms with van der Waals surface area (Å²) in [6.45, 7) is 1.90. The fourth-order valence-corrected chi connectivity index (χ4v) is 0.371. The molecule has 0 spiro atoms. The zero-order chi connectivity index (χ0) is 6.41. The number of hydrogen-bond acceptors (Lipinski definition) is 1. The van der Waals surface area contributed by atoms with Crippen LogP contribution in [-0.2, 0) is 0 Å². The topological polar surface area (TPSA) is 23.8 Å². The molecule has 0 aliphatic rings. The molecule has 0 bridgehead atoms. The molecule has 0 aliphatic carbocycles. The molecule has 0 aliphatic heterocycles. The van der Waals surface area contributed by atoms with Crippen molar-refractivity contribution in [2.24, 2.45) is 0 Å². The van der Waals surface area contributed by atoms with Gasteiger partial charge in [-0.15, -0.1) is 0 Å². The molecule has 0 aromatic rings. The smallest absolute Gasteiger partial charge is 0.107 e. The third-order valence-electron chi connectivity index (χ3n) is 0.542. The highest BCUT2D eigenvalue weighted by Gasteiger charge is 1.77. The highest BCUT2D eigenvalue weighted by molar-refractivity contribution is 9.12. The van der Waals surface area contributed by atoms with Crippen molar-refractivity contribution in [3.63, 3.8) is 0 Å². The van der Waals surface area contributed by atoms with Gasteiger partial charge in [-0.2, -0.15) is 5.26 Å². The second-order valence-corrected chi connectivity index (χ2v) is 2.01. The molecule has 0 radical (unpaired) electrons. The molecule has 0 heterocycles. The lowest BCUT2D eigenvalue weighted by atomic mass is 10.5. The maximum absolute atomic E-state index is 8.16. The normalized spacial score (nSPS) is 11.9. The third kappa shape index (κ3) is 3.63. The Hall–Kier alpha value is -0.550. The molecule has 0 fully saturated rings. The number of allylic oxidation sites excluding steroid dienone is 4. The van der Waals surface area contributed by atoms with Gasteiger partial charge in [0.1, 0.15) is 6.07 Å². The molecule has 8 heavy (non-hydrogen) atoms. The molecular formula is C6H6BrN. The van der Waals surface area contributed by atoms with Crippen molar-refractivity contribution in [1.29, 1.82) is 5.26 Å². The Morgan fingerprint density at radius 1 is 1.75 bits per heavy atom. The van der Waals surface area contributed by atoms with Crippen LogP contribution in [0.2, 0.25) is 0 Å². The van der Waals surface area contributed by atoms with Gasteiger partial charge in [0.25, 0.3) is 0 Å². The van der Waals surface area contributed by atoms with Crippen LogP contribution in [-0.4, -0.2) is 0 Å². The van der Waals surface area contributed by atoms with Crippen molar-refractivity contribution in [2.75, 3.05) is 0 Å². The standard InChI is InChI=1S/C6H6BrN/c1-2-3-4-6(7)5-8/h2-4H,1H3/b3-2+,6-4+. The average molecular weight is 172 g/mol. The summed E-state index contributed by atoms with van der Waals surface area (Å²) in [7, 11) is 0. The lowest BCUT2D eigenvalue weighted by Gasteiger charge is -1.72. The summed E-state index contributed by atoms with van der Waals surface area (Å²) in [4.78, 5) is 0. The van der Waals surface area contributed by atoms with Crippen LogP contribution in [0.15, 0.2) is 22.7 Å². The van der Waals surface area contributed by atoms with Gasteiger partial charge in [0.2, 0.25) is 0 Å². The van der Waals surface area contributed by atoms with Crippen LogP contribution in [0.4, 0.5) is 0 Å². The highest BCUT2D eigenvalue weighted by atomic mass is 79.9. The maximum atomic E-state index is 8.16. The molecule has 2 heteroatoms. The van der Waals surface area contributed by atoms with Crippen LogP contribution in [0.3, 0.4) is 0 Å². The first-order chi connectivity index (χ1) is 3.81. The molecule has 0 saturated carbocycles. The zero-order valence-corrected chi connectivity index (χ0v) is 6.14. The van der Waals surface area contributed by atoms with E-state index in [1.54, 1.807) is 12.2 Å². The van der Waals surface area contributed by atoms with Gasteiger partial charge >= 0.3 is 0 Å². The predicted octanol–water partition coefficient (Wildman–Crippen LogP) is 2.36. The predicted molar refractivity (Wildman–Crippen MR) is 37.4 cm³/mol. The number of rotatable bonds is 1. The van der Waals surface area contributed by atoms with Crippen molar-refractivity contribution < 1.29 is 0 Å². The van der Waals surface area contributed by atoms with Crippen molar-refractivity contribution in [2.45, 2.75) is 6.92 Å². The van der Waals surface area contributed by atoms with Crippen LogP contribution in [0.25, 0.3) is 0 Å². The van der Waals surface area contributed by atoms with E-state index in [2.05, 4.69) is 15.9 Å². The van der Waals surface area contributed by atoms with E-state index in [0.29, 0.717) is 4.48 Å². The Labute approximate surface area is 57.4 Å². The molecule has 0 amide bonds. The largest absolute Gasteiger partial charge is 0.192 e. The van der Waals surface area contributed by atoms with E-state index in [-0.39, 0.29) is 0 Å². The second kappa shape index (κ2) is 4.61. The fraction of sp³-hybridized carbons (Fsp3) is 0.167. The van der Waals surface area contributed by atoms with Crippen molar-refractivity contribution in [3.8, 4) is 6.07 Å². The summed E-state index contributed by atoms with van der Waals surface area (Å²) in [5, 5.41) is 8.16. The van der Waals surface area contributed by atoms with Gasteiger partial charge in [-0.1, -0.05) is 12.2 Å². The first-order valence-electron chi connectivity index (χ1n) is 2.20. The van der Waals surface area contributed by atoms with E-state index in [4.69, 9.17) is 5.26 Å². The minimum absolute atomic E-state index is 0.551. The first kappa shape index (κ1) is 7.45. The lowest BCUT2D eigenvalue weighted by molar-refractivity contribution is 1.53. The average Bonchev–Trinajstić information content (AvgIpc) is 1.83. The van der Waals surface area contributed by atoms with Crippen molar-refractivity contribution in [3.05, 3.63) is 22.7 Å². The monoisotopic (exact) mass is 171 g/mol. The highest BCUT2D eigenvalue weighted by Crippen LogP contribution is 2.00. The van der Waals surface area contributed by atoms with Gasteiger partial charge in [0.05, 0.1) is 4.48 Å². The van der Waals surface area contributed by atoms with E-state index in [1.807, 2.05) is 19.1 Å². The van der Waals surface area contributed by atoms with Gasteiger partial charge in [-0.25, -0.2) is 0 Å². The molecule has 0 saturated heterocycles. The van der Waals surface area contributed by atoms with Gasteiger partial charge in [-0.05, 0) is 28.9 Å². The number of nitrogens with zero attached hydrogens (tertiary/aromatic N) is 1. The quantitative estimate of drug-likeness (QED) is 0.440. The van der Waals surface area contributed by atoms with Gasteiger partial charge in [0.15, 0.2) is 0 Å². The lowest BCUT2D eigenvalue weighted by Crippen LogP contribution is -1.55. The summed E-state index contributed by atoms with van der Waals surface area (Å²) in [5.41, 5.74) is 0. The van der Waals surface area contributed by atoms with E-state index in [0.717, 1.165) is 0 Å². The maximum Gasteiger partial charge on any atom is 0.107 e. The molecule has 0 unspecified atom stereocenters. The van der Waals surface area contributed by atoms with Crippen molar-refractivity contribution >= 4 is 15.9 Å². The molecule has 0 aromatic heterocycles. The molecule has 0 atom stereocenters. The van der Waals surface area contributed by atoms with Crippen LogP contribution >= 0.6 is 15.9 Å². The summed E-state index contributed by atoms with van der Waals surface area (Å²) >= 11 is 3.03. The van der Waals surface area contributed by atoms with Crippen LogP contribution < -0.4 is 0 Å². The zero-order valence-electron chi connectivity index (χ0n) is 4.56.